The number of amides is 1. The number of carbonyl (C=O) groups excluding carboxylic acids is 1. The van der Waals surface area contributed by atoms with Crippen LogP contribution >= 0.6 is 15.9 Å². The van der Waals surface area contributed by atoms with E-state index in [0.717, 1.165) is 22.6 Å². The molecule has 2 rings (SSSR count). The standard InChI is InChI=1S/C19H22BrNO3/c1-4-15(20)19(22)21-18(13-9-5-7-11-16(13)23-2)14-10-6-8-12-17(14)24-3/h5-12,15,18H,4H2,1-3H3,(H,21,22). The summed E-state index contributed by atoms with van der Waals surface area (Å²) >= 11 is 3.41. The lowest BCUT2D eigenvalue weighted by Gasteiger charge is -2.24. The van der Waals surface area contributed by atoms with Gasteiger partial charge in [-0.25, -0.2) is 0 Å². The van der Waals surface area contributed by atoms with E-state index in [0.29, 0.717) is 6.42 Å². The molecule has 0 saturated carbocycles. The molecule has 1 atom stereocenters. The SMILES string of the molecule is CCC(Br)C(=O)NC(c1ccccc1OC)c1ccccc1OC. The van der Waals surface area contributed by atoms with Crippen LogP contribution in [0.3, 0.4) is 0 Å². The summed E-state index contributed by atoms with van der Waals surface area (Å²) in [4.78, 5) is 12.2. The van der Waals surface area contributed by atoms with Crippen LogP contribution in [0.1, 0.15) is 30.5 Å². The molecule has 2 aromatic carbocycles. The summed E-state index contributed by atoms with van der Waals surface area (Å²) in [7, 11) is 3.25. The number of halogens is 1. The van der Waals surface area contributed by atoms with Crippen molar-refractivity contribution in [1.82, 2.24) is 5.32 Å². The lowest BCUT2D eigenvalue weighted by molar-refractivity contribution is -0.121. The summed E-state index contributed by atoms with van der Waals surface area (Å²) in [6, 6.07) is 15.0. The summed E-state index contributed by atoms with van der Waals surface area (Å²) in [5.41, 5.74) is 1.77. The number of carbonyl (C=O) groups is 1. The Kier molecular flexibility index (Phi) is 6.67. The Balaban J connectivity index is 2.51. The monoisotopic (exact) mass is 391 g/mol. The molecule has 128 valence electrons. The number of benzene rings is 2. The van der Waals surface area contributed by atoms with Gasteiger partial charge in [0.15, 0.2) is 0 Å². The van der Waals surface area contributed by atoms with E-state index in [1.54, 1.807) is 14.2 Å². The first-order valence-corrected chi connectivity index (χ1v) is 8.74. The summed E-state index contributed by atoms with van der Waals surface area (Å²) in [5, 5.41) is 3.10. The maximum atomic E-state index is 12.5. The quantitative estimate of drug-likeness (QED) is 0.723. The number of para-hydroxylation sites is 2. The minimum Gasteiger partial charge on any atom is -0.496 e. The van der Waals surface area contributed by atoms with Gasteiger partial charge < -0.3 is 14.8 Å². The van der Waals surface area contributed by atoms with Crippen molar-refractivity contribution >= 4 is 21.8 Å². The second-order valence-electron chi connectivity index (χ2n) is 5.30. The molecule has 1 unspecified atom stereocenters. The topological polar surface area (TPSA) is 47.6 Å². The first-order chi connectivity index (χ1) is 11.6. The van der Waals surface area contributed by atoms with Crippen LogP contribution in [0.15, 0.2) is 48.5 Å². The molecule has 1 N–H and O–H groups in total. The Hall–Kier alpha value is -2.01. The molecule has 0 aliphatic heterocycles. The molecule has 0 spiro atoms. The van der Waals surface area contributed by atoms with E-state index in [2.05, 4.69) is 21.2 Å². The molecule has 0 aromatic heterocycles. The van der Waals surface area contributed by atoms with Crippen LogP contribution in [0.5, 0.6) is 11.5 Å². The van der Waals surface area contributed by atoms with Gasteiger partial charge in [0.25, 0.3) is 0 Å². The van der Waals surface area contributed by atoms with E-state index in [4.69, 9.17) is 9.47 Å². The molecule has 0 bridgehead atoms. The van der Waals surface area contributed by atoms with Crippen LogP contribution in [0.2, 0.25) is 0 Å². The van der Waals surface area contributed by atoms with Crippen molar-refractivity contribution in [2.24, 2.45) is 0 Å². The lowest BCUT2D eigenvalue weighted by atomic mass is 9.96. The van der Waals surface area contributed by atoms with Crippen LogP contribution in [-0.4, -0.2) is 25.0 Å². The Morgan fingerprint density at radius 1 is 1.00 bits per heavy atom. The first kappa shape index (κ1) is 18.3. The highest BCUT2D eigenvalue weighted by atomic mass is 79.9. The van der Waals surface area contributed by atoms with E-state index in [1.165, 1.54) is 0 Å². The Bertz CT molecular complexity index is 642. The number of methoxy groups -OCH3 is 2. The highest BCUT2D eigenvalue weighted by Crippen LogP contribution is 2.34. The normalized spacial score (nSPS) is 11.9. The molecule has 1 amide bonds. The maximum absolute atomic E-state index is 12.5. The van der Waals surface area contributed by atoms with Gasteiger partial charge in [-0.05, 0) is 18.6 Å². The lowest BCUT2D eigenvalue weighted by Crippen LogP contribution is -2.35. The Morgan fingerprint density at radius 2 is 1.46 bits per heavy atom. The second-order valence-corrected chi connectivity index (χ2v) is 6.41. The van der Waals surface area contributed by atoms with E-state index < -0.39 is 0 Å². The van der Waals surface area contributed by atoms with Crippen LogP contribution in [0, 0.1) is 0 Å². The van der Waals surface area contributed by atoms with Crippen LogP contribution in [-0.2, 0) is 4.79 Å². The molecule has 4 nitrogen and oxygen atoms in total. The number of nitrogens with one attached hydrogen (secondary N) is 1. The minimum absolute atomic E-state index is 0.0701. The molecule has 0 saturated heterocycles. The van der Waals surface area contributed by atoms with Gasteiger partial charge in [0, 0.05) is 11.1 Å². The van der Waals surface area contributed by atoms with Gasteiger partial charge in [0.2, 0.25) is 5.91 Å². The summed E-state index contributed by atoms with van der Waals surface area (Å²) in [5.74, 6) is 1.37. The molecule has 0 radical (unpaired) electrons. The van der Waals surface area contributed by atoms with E-state index in [9.17, 15) is 4.79 Å². The van der Waals surface area contributed by atoms with E-state index in [1.807, 2.05) is 55.5 Å². The average molecular weight is 392 g/mol. The molecule has 24 heavy (non-hydrogen) atoms. The highest BCUT2D eigenvalue weighted by molar-refractivity contribution is 9.10. The van der Waals surface area contributed by atoms with Gasteiger partial charge in [0.1, 0.15) is 11.5 Å². The van der Waals surface area contributed by atoms with Crippen molar-refractivity contribution in [3.05, 3.63) is 59.7 Å². The molecule has 0 aliphatic rings. The van der Waals surface area contributed by atoms with E-state index in [-0.39, 0.29) is 16.8 Å². The van der Waals surface area contributed by atoms with Gasteiger partial charge in [-0.1, -0.05) is 59.3 Å². The number of hydrogen-bond donors (Lipinski definition) is 1. The fraction of sp³-hybridized carbons (Fsp3) is 0.316. The Morgan fingerprint density at radius 3 is 1.88 bits per heavy atom. The molecular formula is C19H22BrNO3. The van der Waals surface area contributed by atoms with Gasteiger partial charge in [-0.3, -0.25) is 4.79 Å². The number of hydrogen-bond acceptors (Lipinski definition) is 3. The van der Waals surface area contributed by atoms with Crippen molar-refractivity contribution in [3.63, 3.8) is 0 Å². The van der Waals surface area contributed by atoms with Crippen molar-refractivity contribution in [1.29, 1.82) is 0 Å². The first-order valence-electron chi connectivity index (χ1n) is 7.82. The van der Waals surface area contributed by atoms with Gasteiger partial charge >= 0.3 is 0 Å². The van der Waals surface area contributed by atoms with Gasteiger partial charge in [0.05, 0.1) is 25.1 Å². The summed E-state index contributed by atoms with van der Waals surface area (Å²) in [6.07, 6.45) is 0.705. The minimum atomic E-state index is -0.364. The molecule has 0 fully saturated rings. The molecule has 2 aromatic rings. The van der Waals surface area contributed by atoms with Crippen molar-refractivity contribution in [3.8, 4) is 11.5 Å². The predicted molar refractivity (Wildman–Crippen MR) is 99.0 cm³/mol. The number of ether oxygens (including phenoxy) is 2. The summed E-state index contributed by atoms with van der Waals surface area (Å²) in [6.45, 7) is 1.96. The molecule has 5 heteroatoms. The molecule has 0 aliphatic carbocycles. The predicted octanol–water partition coefficient (Wildman–Crippen LogP) is 4.08. The summed E-state index contributed by atoms with van der Waals surface area (Å²) < 4.78 is 11.0. The number of alkyl halides is 1. The fourth-order valence-electron chi connectivity index (χ4n) is 2.55. The second kappa shape index (κ2) is 8.73. The van der Waals surface area contributed by atoms with Crippen molar-refractivity contribution < 1.29 is 14.3 Å². The largest absolute Gasteiger partial charge is 0.496 e. The third kappa shape index (κ3) is 4.09. The van der Waals surface area contributed by atoms with Crippen LogP contribution in [0.4, 0.5) is 0 Å². The zero-order chi connectivity index (χ0) is 17.5. The van der Waals surface area contributed by atoms with Crippen LogP contribution in [0.25, 0.3) is 0 Å². The van der Waals surface area contributed by atoms with Gasteiger partial charge in [-0.15, -0.1) is 0 Å². The smallest absolute Gasteiger partial charge is 0.234 e. The average Bonchev–Trinajstić information content (AvgIpc) is 2.65. The fourth-order valence-corrected chi connectivity index (χ4v) is 2.68. The van der Waals surface area contributed by atoms with Crippen LogP contribution < -0.4 is 14.8 Å². The Labute approximate surface area is 151 Å². The van der Waals surface area contributed by atoms with E-state index >= 15 is 0 Å². The van der Waals surface area contributed by atoms with Crippen molar-refractivity contribution in [2.75, 3.05) is 14.2 Å². The third-order valence-corrected chi connectivity index (χ3v) is 4.89. The highest BCUT2D eigenvalue weighted by Gasteiger charge is 2.25. The third-order valence-electron chi connectivity index (χ3n) is 3.83. The molecular weight excluding hydrogens is 370 g/mol. The molecule has 0 heterocycles. The maximum Gasteiger partial charge on any atom is 0.234 e. The van der Waals surface area contributed by atoms with Gasteiger partial charge in [-0.2, -0.15) is 0 Å². The van der Waals surface area contributed by atoms with Crippen molar-refractivity contribution in [2.45, 2.75) is 24.2 Å². The zero-order valence-electron chi connectivity index (χ0n) is 14.1. The number of rotatable bonds is 7. The zero-order valence-corrected chi connectivity index (χ0v) is 15.7.